The molecule has 0 amide bonds. The second-order valence-corrected chi connectivity index (χ2v) is 9.40. The minimum atomic E-state index is -1.20. The van der Waals surface area contributed by atoms with Crippen molar-refractivity contribution in [2.24, 2.45) is 0 Å². The summed E-state index contributed by atoms with van der Waals surface area (Å²) in [5, 5.41) is 0. The molecule has 11 heavy (non-hydrogen) atoms. The van der Waals surface area contributed by atoms with Gasteiger partial charge in [-0.3, -0.25) is 0 Å². The van der Waals surface area contributed by atoms with E-state index in [1.165, 1.54) is 13.1 Å². The Balaban J connectivity index is 2.90. The first-order valence-electron chi connectivity index (χ1n) is 3.70. The van der Waals surface area contributed by atoms with Crippen molar-refractivity contribution in [3.05, 3.63) is 0 Å². The molecule has 0 bridgehead atoms. The summed E-state index contributed by atoms with van der Waals surface area (Å²) in [6.45, 7) is 2.35. The van der Waals surface area contributed by atoms with Crippen LogP contribution >= 0.6 is 5.96 Å². The molecule has 0 spiro atoms. The molecule has 66 valence electrons. The fourth-order valence-corrected chi connectivity index (χ4v) is 4.89. The van der Waals surface area contributed by atoms with Crippen LogP contribution in [0.25, 0.3) is 0 Å². The fourth-order valence-electron chi connectivity index (χ4n) is 1.42. The van der Waals surface area contributed by atoms with Crippen molar-refractivity contribution in [3.63, 3.8) is 0 Å². The first-order valence-corrected chi connectivity index (χ1v) is 7.57. The van der Waals surface area contributed by atoms with Crippen molar-refractivity contribution >= 4 is 21.1 Å². The zero-order valence-corrected chi connectivity index (χ0v) is 10.2. The fraction of sp³-hybridized carbons (Fsp3) is 1.00. The monoisotopic (exact) mass is 241 g/mol. The molecule has 1 heterocycles. The van der Waals surface area contributed by atoms with Gasteiger partial charge < -0.3 is 0 Å². The molecule has 0 aromatic heterocycles. The van der Waals surface area contributed by atoms with Crippen molar-refractivity contribution in [3.8, 4) is 0 Å². The van der Waals surface area contributed by atoms with Gasteiger partial charge in [-0.25, -0.2) is 0 Å². The Morgan fingerprint density at radius 3 is 1.73 bits per heavy atom. The molecule has 1 aliphatic heterocycles. The van der Waals surface area contributed by atoms with Gasteiger partial charge in [0, 0.05) is 0 Å². The summed E-state index contributed by atoms with van der Waals surface area (Å²) < 4.78 is 7.15. The summed E-state index contributed by atoms with van der Waals surface area (Å²) in [5.74, 6) is -1.20. The molecule has 0 saturated carbocycles. The predicted molar refractivity (Wildman–Crippen MR) is 51.6 cm³/mol. The molecule has 1 aliphatic rings. The van der Waals surface area contributed by atoms with Crippen molar-refractivity contribution in [1.29, 1.82) is 0 Å². The summed E-state index contributed by atoms with van der Waals surface area (Å²) in [7, 11) is 8.66. The molecule has 1 saturated heterocycles. The van der Waals surface area contributed by atoms with Crippen LogP contribution in [0.3, 0.4) is 0 Å². The van der Waals surface area contributed by atoms with Crippen molar-refractivity contribution < 1.29 is 0 Å². The number of hydrogen-bond acceptors (Lipinski definition) is 3. The number of likely N-dealkylation sites (N-methyl/N-ethyl adjacent to an activating group) is 2. The quantitative estimate of drug-likeness (QED) is 0.481. The molecule has 0 atom stereocenters. The van der Waals surface area contributed by atoms with Crippen LogP contribution in [0, 0.1) is 0 Å². The molecule has 0 unspecified atom stereocenters. The van der Waals surface area contributed by atoms with E-state index >= 15 is 0 Å². The number of nitrogens with zero attached hydrogens (tertiary/aromatic N) is 3. The van der Waals surface area contributed by atoms with E-state index in [1.54, 1.807) is 0 Å². The predicted octanol–water partition coefficient (Wildman–Crippen LogP) is 0.271. The van der Waals surface area contributed by atoms with Crippen LogP contribution in [-0.2, 0) is 0 Å². The molecule has 0 N–H and O–H groups in total. The first-order chi connectivity index (χ1) is 4.99. The summed E-state index contributed by atoms with van der Waals surface area (Å²) in [6.07, 6.45) is 0. The second kappa shape index (κ2) is 3.29. The topological polar surface area (TPSA) is 9.72 Å². The van der Waals surface area contributed by atoms with Crippen LogP contribution in [0.4, 0.5) is 0 Å². The normalized spacial score (nSPS) is 26.6. The Hall–Kier alpha value is 0.829. The molecule has 0 aromatic carbocycles. The molecular weight excluding hydrogens is 224 g/mol. The summed E-state index contributed by atoms with van der Waals surface area (Å²) in [4.78, 5) is 0. The Morgan fingerprint density at radius 2 is 1.55 bits per heavy atom. The van der Waals surface area contributed by atoms with Gasteiger partial charge in [0.1, 0.15) is 0 Å². The third-order valence-electron chi connectivity index (χ3n) is 2.16. The standard InChI is InChI=1S/C6H16N3PSe/c1-7(2)10(11)8(3)5-6-9(10)4/h5-6H2,1-4H3. The maximum absolute atomic E-state index is 3.34. The average molecular weight is 240 g/mol. The Labute approximate surface area is 76.7 Å². The van der Waals surface area contributed by atoms with E-state index in [1.807, 2.05) is 0 Å². The molecule has 5 heteroatoms. The van der Waals surface area contributed by atoms with Gasteiger partial charge in [-0.05, 0) is 0 Å². The molecule has 3 nitrogen and oxygen atoms in total. The summed E-state index contributed by atoms with van der Waals surface area (Å²) in [6, 6.07) is 0. The molecule has 1 fully saturated rings. The molecule has 0 radical (unpaired) electrons. The van der Waals surface area contributed by atoms with Crippen LogP contribution in [0.2, 0.25) is 0 Å². The third-order valence-corrected chi connectivity index (χ3v) is 10.9. The van der Waals surface area contributed by atoms with Gasteiger partial charge >= 0.3 is 76.4 Å². The Kier molecular flexibility index (Phi) is 2.97. The first kappa shape index (κ1) is 9.91. The second-order valence-electron chi connectivity index (χ2n) is 3.12. The molecule has 0 aromatic rings. The van der Waals surface area contributed by atoms with E-state index in [4.69, 9.17) is 0 Å². The average Bonchev–Trinajstić information content (AvgIpc) is 2.18. The SMILES string of the molecule is CN(C)P1(=[Se])N(C)CCN1C. The van der Waals surface area contributed by atoms with E-state index < -0.39 is 5.96 Å². The zero-order chi connectivity index (χ0) is 8.65. The van der Waals surface area contributed by atoms with Gasteiger partial charge in [0.15, 0.2) is 0 Å². The van der Waals surface area contributed by atoms with Crippen LogP contribution in [0.15, 0.2) is 0 Å². The third kappa shape index (κ3) is 1.49. The van der Waals surface area contributed by atoms with Crippen LogP contribution in [0.5, 0.6) is 0 Å². The summed E-state index contributed by atoms with van der Waals surface area (Å²) >= 11 is 3.34. The van der Waals surface area contributed by atoms with Gasteiger partial charge in [-0.15, -0.1) is 0 Å². The summed E-state index contributed by atoms with van der Waals surface area (Å²) in [5.41, 5.74) is 0. The van der Waals surface area contributed by atoms with Gasteiger partial charge in [0.25, 0.3) is 0 Å². The number of hydrogen-bond donors (Lipinski definition) is 0. The molecular formula is C6H16N3PSe. The van der Waals surface area contributed by atoms with E-state index in [9.17, 15) is 0 Å². The van der Waals surface area contributed by atoms with Crippen molar-refractivity contribution in [2.45, 2.75) is 0 Å². The van der Waals surface area contributed by atoms with Crippen molar-refractivity contribution in [2.75, 3.05) is 41.3 Å². The van der Waals surface area contributed by atoms with E-state index in [0.717, 1.165) is 0 Å². The molecule has 0 aliphatic carbocycles. The van der Waals surface area contributed by atoms with E-state index in [2.05, 4.69) is 57.3 Å². The molecule has 1 rings (SSSR count). The maximum atomic E-state index is 3.34. The van der Waals surface area contributed by atoms with Crippen LogP contribution in [-0.4, -0.2) is 70.4 Å². The van der Waals surface area contributed by atoms with Crippen LogP contribution in [0.1, 0.15) is 0 Å². The minimum absolute atomic E-state index is 1.18. The van der Waals surface area contributed by atoms with Gasteiger partial charge in [-0.1, -0.05) is 0 Å². The van der Waals surface area contributed by atoms with Crippen molar-refractivity contribution in [1.82, 2.24) is 14.0 Å². The van der Waals surface area contributed by atoms with Gasteiger partial charge in [0.05, 0.1) is 0 Å². The van der Waals surface area contributed by atoms with Gasteiger partial charge in [0.2, 0.25) is 0 Å². The Morgan fingerprint density at radius 1 is 1.18 bits per heavy atom. The number of rotatable bonds is 1. The van der Waals surface area contributed by atoms with Crippen LogP contribution < -0.4 is 0 Å². The Bertz CT molecular complexity index is 180. The van der Waals surface area contributed by atoms with E-state index in [-0.39, 0.29) is 0 Å². The zero-order valence-electron chi connectivity index (χ0n) is 7.61. The van der Waals surface area contributed by atoms with Gasteiger partial charge in [-0.2, -0.15) is 0 Å². The van der Waals surface area contributed by atoms with E-state index in [0.29, 0.717) is 0 Å².